The van der Waals surface area contributed by atoms with Gasteiger partial charge in [-0.2, -0.15) is 0 Å². The fourth-order valence-corrected chi connectivity index (χ4v) is 3.75. The molecule has 128 valence electrons. The van der Waals surface area contributed by atoms with Crippen molar-refractivity contribution in [2.24, 2.45) is 4.99 Å². The summed E-state index contributed by atoms with van der Waals surface area (Å²) < 4.78 is 0. The molecule has 7 heteroatoms. The predicted octanol–water partition coefficient (Wildman–Crippen LogP) is 1.50. The van der Waals surface area contributed by atoms with Crippen LogP contribution >= 0.6 is 11.3 Å². The zero-order valence-electron chi connectivity index (χ0n) is 14.4. The number of hydrogen-bond donors (Lipinski definition) is 2. The molecule has 2 N–H and O–H groups in total. The highest BCUT2D eigenvalue weighted by Crippen LogP contribution is 2.29. The number of thiazole rings is 1. The van der Waals surface area contributed by atoms with Crippen molar-refractivity contribution in [1.82, 2.24) is 20.5 Å². The summed E-state index contributed by atoms with van der Waals surface area (Å²) in [6.45, 7) is 3.15. The van der Waals surface area contributed by atoms with E-state index in [9.17, 15) is 0 Å². The van der Waals surface area contributed by atoms with Gasteiger partial charge in [0.25, 0.3) is 0 Å². The van der Waals surface area contributed by atoms with Crippen molar-refractivity contribution in [1.29, 1.82) is 0 Å². The van der Waals surface area contributed by atoms with Crippen LogP contribution in [-0.2, 0) is 6.54 Å². The third-order valence-electron chi connectivity index (χ3n) is 4.52. The Hall–Kier alpha value is -1.34. The van der Waals surface area contributed by atoms with Gasteiger partial charge in [-0.05, 0) is 25.7 Å². The van der Waals surface area contributed by atoms with Gasteiger partial charge in [-0.25, -0.2) is 4.98 Å². The number of nitrogens with zero attached hydrogens (tertiary/aromatic N) is 4. The topological polar surface area (TPSA) is 55.8 Å². The number of hydrogen-bond acceptors (Lipinski definition) is 5. The molecule has 1 aliphatic carbocycles. The second-order valence-electron chi connectivity index (χ2n) is 6.63. The third-order valence-corrected chi connectivity index (χ3v) is 5.57. The Morgan fingerprint density at radius 2 is 2.09 bits per heavy atom. The third kappa shape index (κ3) is 4.57. The molecule has 1 aliphatic heterocycles. The molecule has 0 spiro atoms. The van der Waals surface area contributed by atoms with Gasteiger partial charge in [0.15, 0.2) is 11.1 Å². The number of guanidine groups is 1. The predicted molar refractivity (Wildman–Crippen MR) is 97.4 cm³/mol. The normalized spacial score (nSPS) is 20.6. The van der Waals surface area contributed by atoms with E-state index in [0.29, 0.717) is 12.6 Å². The van der Waals surface area contributed by atoms with Crippen LogP contribution in [0, 0.1) is 0 Å². The van der Waals surface area contributed by atoms with Crippen molar-refractivity contribution < 1.29 is 0 Å². The number of anilines is 1. The molecule has 1 aromatic heterocycles. The van der Waals surface area contributed by atoms with Gasteiger partial charge in [-0.1, -0.05) is 0 Å². The number of likely N-dealkylation sites (tertiary alicyclic amines) is 1. The van der Waals surface area contributed by atoms with Crippen LogP contribution in [0.3, 0.4) is 0 Å². The van der Waals surface area contributed by atoms with Crippen molar-refractivity contribution in [2.45, 2.75) is 44.3 Å². The molecule has 2 fully saturated rings. The van der Waals surface area contributed by atoms with Gasteiger partial charge in [0.2, 0.25) is 0 Å². The van der Waals surface area contributed by atoms with E-state index >= 15 is 0 Å². The minimum Gasteiger partial charge on any atom is -0.354 e. The fraction of sp³-hybridized carbons (Fsp3) is 0.750. The summed E-state index contributed by atoms with van der Waals surface area (Å²) >= 11 is 1.67. The van der Waals surface area contributed by atoms with Gasteiger partial charge in [-0.3, -0.25) is 4.99 Å². The molecule has 0 atom stereocenters. The van der Waals surface area contributed by atoms with E-state index in [1.165, 1.54) is 38.8 Å². The monoisotopic (exact) mass is 336 g/mol. The molecule has 1 saturated carbocycles. The number of aromatic nitrogens is 1. The van der Waals surface area contributed by atoms with Gasteiger partial charge in [-0.15, -0.1) is 11.3 Å². The molecule has 1 aromatic rings. The van der Waals surface area contributed by atoms with Gasteiger partial charge < -0.3 is 20.4 Å². The molecule has 0 unspecified atom stereocenters. The lowest BCUT2D eigenvalue weighted by Gasteiger charge is -2.33. The lowest BCUT2D eigenvalue weighted by molar-refractivity contribution is 0.197. The first-order valence-corrected chi connectivity index (χ1v) is 9.36. The summed E-state index contributed by atoms with van der Waals surface area (Å²) in [5, 5.41) is 10.1. The second-order valence-corrected chi connectivity index (χ2v) is 7.46. The Balaban J connectivity index is 1.42. The highest BCUT2D eigenvalue weighted by atomic mass is 32.1. The SMILES string of the molecule is CN=C(NCc1csc(N(C)C)n1)NC1CCN(C2CC2)CC1. The number of aliphatic imine (C=N–C) groups is 1. The summed E-state index contributed by atoms with van der Waals surface area (Å²) in [6, 6.07) is 1.42. The Kier molecular flexibility index (Phi) is 5.38. The zero-order chi connectivity index (χ0) is 16.2. The Labute approximate surface area is 143 Å². The maximum atomic E-state index is 4.59. The Morgan fingerprint density at radius 1 is 1.35 bits per heavy atom. The average Bonchev–Trinajstić information content (AvgIpc) is 3.29. The standard InChI is InChI=1S/C16H28N6S/c1-17-15(18-10-13-11-23-16(20-13)21(2)3)19-12-6-8-22(9-7-12)14-4-5-14/h11-12,14H,4-10H2,1-3H3,(H2,17,18,19). The molecular weight excluding hydrogens is 308 g/mol. The highest BCUT2D eigenvalue weighted by molar-refractivity contribution is 7.13. The minimum absolute atomic E-state index is 0.531. The first kappa shape index (κ1) is 16.5. The zero-order valence-corrected chi connectivity index (χ0v) is 15.2. The quantitative estimate of drug-likeness (QED) is 0.630. The van der Waals surface area contributed by atoms with E-state index in [1.54, 1.807) is 11.3 Å². The maximum Gasteiger partial charge on any atom is 0.191 e. The van der Waals surface area contributed by atoms with Crippen molar-refractivity contribution >= 4 is 22.4 Å². The van der Waals surface area contributed by atoms with E-state index in [0.717, 1.165) is 22.8 Å². The molecule has 23 heavy (non-hydrogen) atoms. The molecule has 0 amide bonds. The van der Waals surface area contributed by atoms with Crippen molar-refractivity contribution in [3.63, 3.8) is 0 Å². The molecule has 0 bridgehead atoms. The van der Waals surface area contributed by atoms with Crippen LogP contribution in [0.4, 0.5) is 5.13 Å². The van der Waals surface area contributed by atoms with Crippen LogP contribution in [0.2, 0.25) is 0 Å². The van der Waals surface area contributed by atoms with E-state index in [4.69, 9.17) is 0 Å². The van der Waals surface area contributed by atoms with Crippen molar-refractivity contribution in [3.8, 4) is 0 Å². The lowest BCUT2D eigenvalue weighted by Crippen LogP contribution is -2.48. The Morgan fingerprint density at radius 3 is 2.65 bits per heavy atom. The first-order valence-electron chi connectivity index (χ1n) is 8.48. The Bertz CT molecular complexity index is 528. The highest BCUT2D eigenvalue weighted by Gasteiger charge is 2.31. The van der Waals surface area contributed by atoms with E-state index in [2.05, 4.69) is 30.9 Å². The summed E-state index contributed by atoms with van der Waals surface area (Å²) in [7, 11) is 5.87. The minimum atomic E-state index is 0.531. The number of rotatable bonds is 5. The number of nitrogens with one attached hydrogen (secondary N) is 2. The molecule has 1 saturated heterocycles. The molecule has 3 rings (SSSR count). The van der Waals surface area contributed by atoms with Crippen molar-refractivity contribution in [3.05, 3.63) is 11.1 Å². The average molecular weight is 337 g/mol. The van der Waals surface area contributed by atoms with Crippen molar-refractivity contribution in [2.75, 3.05) is 39.1 Å². The first-order chi connectivity index (χ1) is 11.2. The van der Waals surface area contributed by atoms with Gasteiger partial charge in [0, 0.05) is 51.7 Å². The number of piperidine rings is 1. The van der Waals surface area contributed by atoms with Gasteiger partial charge in [0.05, 0.1) is 12.2 Å². The smallest absolute Gasteiger partial charge is 0.191 e. The summed E-state index contributed by atoms with van der Waals surface area (Å²) in [5.74, 6) is 0.884. The van der Waals surface area contributed by atoms with Crippen LogP contribution in [0.5, 0.6) is 0 Å². The van der Waals surface area contributed by atoms with Crippen LogP contribution < -0.4 is 15.5 Å². The van der Waals surface area contributed by atoms with Crippen LogP contribution in [0.1, 0.15) is 31.4 Å². The molecule has 6 nitrogen and oxygen atoms in total. The van der Waals surface area contributed by atoms with E-state index in [1.807, 2.05) is 26.0 Å². The molecule has 2 aliphatic rings. The maximum absolute atomic E-state index is 4.59. The molecule has 0 radical (unpaired) electrons. The largest absolute Gasteiger partial charge is 0.354 e. The van der Waals surface area contributed by atoms with E-state index < -0.39 is 0 Å². The fourth-order valence-electron chi connectivity index (χ4n) is 2.99. The second kappa shape index (κ2) is 7.49. The summed E-state index contributed by atoms with van der Waals surface area (Å²) in [6.07, 6.45) is 5.23. The molecule has 0 aromatic carbocycles. The van der Waals surface area contributed by atoms with Crippen LogP contribution in [0.25, 0.3) is 0 Å². The summed E-state index contributed by atoms with van der Waals surface area (Å²) in [5.41, 5.74) is 1.06. The van der Waals surface area contributed by atoms with E-state index in [-0.39, 0.29) is 0 Å². The molecule has 2 heterocycles. The van der Waals surface area contributed by atoms with Gasteiger partial charge in [0.1, 0.15) is 0 Å². The molecular formula is C16H28N6S. The van der Waals surface area contributed by atoms with Crippen LogP contribution in [-0.4, -0.2) is 62.2 Å². The summed E-state index contributed by atoms with van der Waals surface area (Å²) in [4.78, 5) is 13.6. The van der Waals surface area contributed by atoms with Gasteiger partial charge >= 0.3 is 0 Å². The lowest BCUT2D eigenvalue weighted by atomic mass is 10.1. The van der Waals surface area contributed by atoms with Crippen LogP contribution in [0.15, 0.2) is 10.4 Å².